The molecule has 0 unspecified atom stereocenters. The lowest BCUT2D eigenvalue weighted by Gasteiger charge is -2.13. The molecule has 4 rings (SSSR count). The SMILES string of the molecule is COc1ccc(-c2cc(=Nc3c(C)cc(C)cc3C)n(C)c3nncn23)cc1OC. The highest BCUT2D eigenvalue weighted by Gasteiger charge is 2.13. The molecular weight excluding hydrogens is 378 g/mol. The molecular formula is C23H25N5O2. The van der Waals surface area contributed by atoms with Gasteiger partial charge in [0.05, 0.1) is 25.6 Å². The van der Waals surface area contributed by atoms with E-state index in [1.807, 2.05) is 40.3 Å². The zero-order chi connectivity index (χ0) is 21.4. The van der Waals surface area contributed by atoms with Crippen LogP contribution in [-0.4, -0.2) is 33.4 Å². The topological polar surface area (TPSA) is 65.9 Å². The minimum atomic E-state index is 0.660. The summed E-state index contributed by atoms with van der Waals surface area (Å²) in [5, 5.41) is 8.42. The first kappa shape index (κ1) is 19.7. The van der Waals surface area contributed by atoms with Crippen molar-refractivity contribution in [3.8, 4) is 22.8 Å². The van der Waals surface area contributed by atoms with Crippen LogP contribution in [0.3, 0.4) is 0 Å². The van der Waals surface area contributed by atoms with Crippen LogP contribution in [0.4, 0.5) is 5.69 Å². The average Bonchev–Trinajstić information content (AvgIpc) is 3.22. The van der Waals surface area contributed by atoms with Crippen molar-refractivity contribution in [3.63, 3.8) is 0 Å². The van der Waals surface area contributed by atoms with E-state index in [1.165, 1.54) is 5.56 Å². The minimum absolute atomic E-state index is 0.660. The maximum Gasteiger partial charge on any atom is 0.237 e. The second-order valence-electron chi connectivity index (χ2n) is 7.38. The zero-order valence-corrected chi connectivity index (χ0v) is 18.1. The lowest BCUT2D eigenvalue weighted by molar-refractivity contribution is 0.355. The van der Waals surface area contributed by atoms with Gasteiger partial charge in [-0.1, -0.05) is 17.7 Å². The fourth-order valence-corrected chi connectivity index (χ4v) is 3.81. The van der Waals surface area contributed by atoms with Crippen molar-refractivity contribution < 1.29 is 9.47 Å². The lowest BCUT2D eigenvalue weighted by atomic mass is 10.1. The van der Waals surface area contributed by atoms with Crippen molar-refractivity contribution in [3.05, 3.63) is 64.9 Å². The standard InChI is InChI=1S/C23H25N5O2/c1-14-9-15(2)22(16(3)10-14)25-21-12-18(28-13-24-26-23(28)27(21)4)17-7-8-19(29-5)20(11-17)30-6/h7-13H,1-6H3. The molecule has 0 amide bonds. The van der Waals surface area contributed by atoms with Crippen LogP contribution in [0.2, 0.25) is 0 Å². The Kier molecular flexibility index (Phi) is 5.03. The van der Waals surface area contributed by atoms with Gasteiger partial charge in [-0.2, -0.15) is 0 Å². The Morgan fingerprint density at radius 3 is 2.27 bits per heavy atom. The van der Waals surface area contributed by atoms with E-state index < -0.39 is 0 Å². The number of fused-ring (bicyclic) bond motifs is 1. The molecule has 7 heteroatoms. The molecule has 0 saturated heterocycles. The molecule has 0 bridgehead atoms. The summed E-state index contributed by atoms with van der Waals surface area (Å²) in [4.78, 5) is 5.00. The van der Waals surface area contributed by atoms with Gasteiger partial charge >= 0.3 is 0 Å². The second-order valence-corrected chi connectivity index (χ2v) is 7.38. The molecule has 30 heavy (non-hydrogen) atoms. The molecule has 0 N–H and O–H groups in total. The predicted octanol–water partition coefficient (Wildman–Crippen LogP) is 3.91. The summed E-state index contributed by atoms with van der Waals surface area (Å²) in [6.07, 6.45) is 1.70. The van der Waals surface area contributed by atoms with Crippen molar-refractivity contribution in [2.24, 2.45) is 12.0 Å². The fraction of sp³-hybridized carbons (Fsp3) is 0.261. The highest BCUT2D eigenvalue weighted by atomic mass is 16.5. The largest absolute Gasteiger partial charge is 0.493 e. The van der Waals surface area contributed by atoms with E-state index in [1.54, 1.807) is 20.5 Å². The van der Waals surface area contributed by atoms with Crippen molar-refractivity contribution in [2.75, 3.05) is 14.2 Å². The minimum Gasteiger partial charge on any atom is -0.493 e. The summed E-state index contributed by atoms with van der Waals surface area (Å²) in [5.41, 5.74) is 7.13. The van der Waals surface area contributed by atoms with E-state index in [-0.39, 0.29) is 0 Å². The van der Waals surface area contributed by atoms with E-state index in [2.05, 4.69) is 43.1 Å². The Balaban J connectivity index is 2.00. The summed E-state index contributed by atoms with van der Waals surface area (Å²) in [7, 11) is 5.20. The highest BCUT2D eigenvalue weighted by Crippen LogP contribution is 2.32. The number of hydrogen-bond acceptors (Lipinski definition) is 5. The first-order chi connectivity index (χ1) is 14.4. The molecule has 0 radical (unpaired) electrons. The van der Waals surface area contributed by atoms with E-state index in [9.17, 15) is 0 Å². The molecule has 7 nitrogen and oxygen atoms in total. The van der Waals surface area contributed by atoms with Crippen LogP contribution in [0.25, 0.3) is 17.0 Å². The Labute approximate surface area is 175 Å². The van der Waals surface area contributed by atoms with E-state index in [0.29, 0.717) is 17.3 Å². The maximum absolute atomic E-state index is 5.49. The lowest BCUT2D eigenvalue weighted by Crippen LogP contribution is -2.21. The van der Waals surface area contributed by atoms with E-state index in [0.717, 1.165) is 33.6 Å². The van der Waals surface area contributed by atoms with Gasteiger partial charge in [-0.05, 0) is 50.1 Å². The molecule has 2 heterocycles. The van der Waals surface area contributed by atoms with Gasteiger partial charge in [0.1, 0.15) is 11.8 Å². The number of ether oxygens (including phenoxy) is 2. The van der Waals surface area contributed by atoms with Gasteiger partial charge in [0.15, 0.2) is 11.5 Å². The van der Waals surface area contributed by atoms with Crippen LogP contribution < -0.4 is 15.0 Å². The quantitative estimate of drug-likeness (QED) is 0.518. The normalized spacial score (nSPS) is 11.9. The van der Waals surface area contributed by atoms with Gasteiger partial charge in [-0.25, -0.2) is 4.99 Å². The average molecular weight is 403 g/mol. The molecule has 0 saturated carbocycles. The third-order valence-electron chi connectivity index (χ3n) is 5.24. The van der Waals surface area contributed by atoms with Crippen molar-refractivity contribution >= 4 is 11.5 Å². The monoisotopic (exact) mass is 403 g/mol. The molecule has 0 aliphatic carbocycles. The summed E-state index contributed by atoms with van der Waals surface area (Å²) in [5.74, 6) is 2.04. The second kappa shape index (κ2) is 7.67. The number of hydrogen-bond donors (Lipinski definition) is 0. The van der Waals surface area contributed by atoms with Crippen LogP contribution in [0.15, 0.2) is 47.7 Å². The van der Waals surface area contributed by atoms with Crippen molar-refractivity contribution in [1.82, 2.24) is 19.2 Å². The Bertz CT molecular complexity index is 1290. The van der Waals surface area contributed by atoms with Crippen molar-refractivity contribution in [1.29, 1.82) is 0 Å². The summed E-state index contributed by atoms with van der Waals surface area (Å²) in [6, 6.07) is 12.2. The number of nitrogens with zero attached hydrogens (tertiary/aromatic N) is 5. The van der Waals surface area contributed by atoms with Gasteiger partial charge in [0, 0.05) is 18.7 Å². The van der Waals surface area contributed by atoms with Gasteiger partial charge in [0.25, 0.3) is 0 Å². The van der Waals surface area contributed by atoms with E-state index >= 15 is 0 Å². The number of methoxy groups -OCH3 is 2. The first-order valence-electron chi connectivity index (χ1n) is 9.67. The van der Waals surface area contributed by atoms with E-state index in [4.69, 9.17) is 14.5 Å². The van der Waals surface area contributed by atoms with Crippen LogP contribution in [0, 0.1) is 20.8 Å². The molecule has 154 valence electrons. The summed E-state index contributed by atoms with van der Waals surface area (Å²) in [6.45, 7) is 6.27. The summed E-state index contributed by atoms with van der Waals surface area (Å²) >= 11 is 0. The van der Waals surface area contributed by atoms with Crippen LogP contribution in [-0.2, 0) is 7.05 Å². The molecule has 4 aromatic rings. The number of benzene rings is 2. The number of aromatic nitrogens is 4. The molecule has 0 aliphatic rings. The van der Waals surface area contributed by atoms with Crippen LogP contribution >= 0.6 is 0 Å². The molecule has 2 aromatic heterocycles. The third kappa shape index (κ3) is 3.32. The molecule has 0 atom stereocenters. The third-order valence-corrected chi connectivity index (χ3v) is 5.24. The van der Waals surface area contributed by atoms with Crippen molar-refractivity contribution in [2.45, 2.75) is 20.8 Å². The number of rotatable bonds is 4. The van der Waals surface area contributed by atoms with Gasteiger partial charge in [-0.3, -0.25) is 8.97 Å². The van der Waals surface area contributed by atoms with Crippen LogP contribution in [0.1, 0.15) is 16.7 Å². The summed E-state index contributed by atoms with van der Waals surface area (Å²) < 4.78 is 14.7. The van der Waals surface area contributed by atoms with Gasteiger partial charge < -0.3 is 9.47 Å². The van der Waals surface area contributed by atoms with Gasteiger partial charge in [-0.15, -0.1) is 10.2 Å². The molecule has 0 fully saturated rings. The highest BCUT2D eigenvalue weighted by molar-refractivity contribution is 5.66. The van der Waals surface area contributed by atoms with Crippen LogP contribution in [0.5, 0.6) is 11.5 Å². The maximum atomic E-state index is 5.49. The Hall–Kier alpha value is -3.61. The zero-order valence-electron chi connectivity index (χ0n) is 18.1. The number of aryl methyl sites for hydroxylation is 4. The predicted molar refractivity (Wildman–Crippen MR) is 116 cm³/mol. The van der Waals surface area contributed by atoms with Gasteiger partial charge in [0.2, 0.25) is 5.78 Å². The Morgan fingerprint density at radius 1 is 0.900 bits per heavy atom. The molecule has 0 aliphatic heterocycles. The Morgan fingerprint density at radius 2 is 1.60 bits per heavy atom. The molecule has 2 aromatic carbocycles. The first-order valence-corrected chi connectivity index (χ1v) is 9.67. The smallest absolute Gasteiger partial charge is 0.237 e. The molecule has 0 spiro atoms. The fourth-order valence-electron chi connectivity index (χ4n) is 3.81.